The maximum atomic E-state index is 12.3. The minimum atomic E-state index is -0.454. The first-order chi connectivity index (χ1) is 15.2. The number of fused-ring (bicyclic) bond motifs is 2. The zero-order chi connectivity index (χ0) is 22.6. The van der Waals surface area contributed by atoms with Crippen LogP contribution in [0, 0.1) is 13.8 Å². The first-order valence-electron chi connectivity index (χ1n) is 10.9. The van der Waals surface area contributed by atoms with Gasteiger partial charge in [0, 0.05) is 18.0 Å². The molecule has 0 unspecified atom stereocenters. The van der Waals surface area contributed by atoms with Gasteiger partial charge in [-0.2, -0.15) is 5.10 Å². The van der Waals surface area contributed by atoms with E-state index < -0.39 is 5.60 Å². The third kappa shape index (κ3) is 4.11. The van der Waals surface area contributed by atoms with Crippen molar-refractivity contribution in [2.45, 2.75) is 59.0 Å². The number of rotatable bonds is 2. The highest BCUT2D eigenvalue weighted by Crippen LogP contribution is 2.40. The summed E-state index contributed by atoms with van der Waals surface area (Å²) in [5, 5.41) is 5.66. The Morgan fingerprint density at radius 3 is 2.56 bits per heavy atom. The van der Waals surface area contributed by atoms with Crippen molar-refractivity contribution in [2.24, 2.45) is 0 Å². The Balaban J connectivity index is 1.31. The number of hydrogen-bond acceptors (Lipinski definition) is 7. The summed E-state index contributed by atoms with van der Waals surface area (Å²) < 4.78 is 8.62. The molecule has 1 amide bonds. The lowest BCUT2D eigenvalue weighted by Crippen LogP contribution is -2.41. The minimum Gasteiger partial charge on any atom is -0.444 e. The normalized spacial score (nSPS) is 15.7. The minimum absolute atomic E-state index is 0.206. The topological polar surface area (TPSA) is 72.6 Å². The fourth-order valence-electron chi connectivity index (χ4n) is 4.13. The molecule has 5 rings (SSSR count). The van der Waals surface area contributed by atoms with Crippen LogP contribution in [0.3, 0.4) is 0 Å². The molecule has 7 nitrogen and oxygen atoms in total. The van der Waals surface area contributed by atoms with Crippen LogP contribution < -0.4 is 0 Å². The number of piperidine rings is 1. The predicted molar refractivity (Wildman–Crippen MR) is 129 cm³/mol. The lowest BCUT2D eigenvalue weighted by atomic mass is 9.95. The molecule has 0 atom stereocenters. The van der Waals surface area contributed by atoms with E-state index in [0.717, 1.165) is 58.4 Å². The number of carbonyl (C=O) groups is 1. The van der Waals surface area contributed by atoms with Gasteiger partial charge in [-0.25, -0.2) is 14.3 Å². The number of aromatic nitrogens is 4. The van der Waals surface area contributed by atoms with Crippen LogP contribution in [0.25, 0.3) is 25.7 Å². The lowest BCUT2D eigenvalue weighted by Gasteiger charge is -2.33. The van der Waals surface area contributed by atoms with Crippen LogP contribution in [-0.4, -0.2) is 49.3 Å². The van der Waals surface area contributed by atoms with Crippen LogP contribution in [0.1, 0.15) is 55.8 Å². The summed E-state index contributed by atoms with van der Waals surface area (Å²) in [4.78, 5) is 26.0. The van der Waals surface area contributed by atoms with E-state index in [9.17, 15) is 4.79 Å². The van der Waals surface area contributed by atoms with Gasteiger partial charge in [-0.1, -0.05) is 0 Å². The Morgan fingerprint density at radius 2 is 1.88 bits per heavy atom. The number of carbonyl (C=O) groups excluding carboxylic acids is 1. The Labute approximate surface area is 195 Å². The fraction of sp³-hybridized carbons (Fsp3) is 0.478. The van der Waals surface area contributed by atoms with E-state index in [1.165, 1.54) is 9.58 Å². The van der Waals surface area contributed by atoms with Crippen LogP contribution in [0.15, 0.2) is 18.3 Å². The zero-order valence-electron chi connectivity index (χ0n) is 19.0. The second-order valence-corrected chi connectivity index (χ2v) is 11.5. The summed E-state index contributed by atoms with van der Waals surface area (Å²) in [6, 6.07) is 4.35. The van der Waals surface area contributed by atoms with Crippen molar-refractivity contribution in [3.8, 4) is 10.7 Å². The molecule has 4 aromatic heterocycles. The van der Waals surface area contributed by atoms with Gasteiger partial charge in [0.1, 0.15) is 21.1 Å². The maximum absolute atomic E-state index is 12.3. The van der Waals surface area contributed by atoms with E-state index in [4.69, 9.17) is 14.8 Å². The van der Waals surface area contributed by atoms with E-state index in [-0.39, 0.29) is 6.09 Å². The maximum Gasteiger partial charge on any atom is 0.410 e. The Bertz CT molecular complexity index is 1270. The first-order valence-corrected chi connectivity index (χ1v) is 12.5. The molecule has 168 valence electrons. The molecule has 1 saturated heterocycles. The number of ether oxygens (including phenoxy) is 1. The van der Waals surface area contributed by atoms with Gasteiger partial charge in [0.2, 0.25) is 0 Å². The number of thiazole rings is 1. The summed E-state index contributed by atoms with van der Waals surface area (Å²) in [6.07, 6.45) is 3.65. The number of nitrogens with zero attached hydrogens (tertiary/aromatic N) is 5. The summed E-state index contributed by atoms with van der Waals surface area (Å²) in [5.41, 5.74) is 3.38. The molecular weight excluding hydrogens is 442 g/mol. The Morgan fingerprint density at radius 1 is 1.12 bits per heavy atom. The quantitative estimate of drug-likeness (QED) is 0.371. The molecule has 1 fully saturated rings. The van der Waals surface area contributed by atoms with Crippen LogP contribution in [0.4, 0.5) is 4.79 Å². The van der Waals surface area contributed by atoms with Crippen molar-refractivity contribution in [3.63, 3.8) is 0 Å². The molecule has 0 spiro atoms. The molecule has 0 radical (unpaired) electrons. The van der Waals surface area contributed by atoms with E-state index in [1.807, 2.05) is 50.2 Å². The van der Waals surface area contributed by atoms with Gasteiger partial charge < -0.3 is 9.64 Å². The van der Waals surface area contributed by atoms with E-state index >= 15 is 0 Å². The second-order valence-electron chi connectivity index (χ2n) is 9.41. The number of likely N-dealkylation sites (tertiary alicyclic amines) is 1. The highest BCUT2D eigenvalue weighted by molar-refractivity contribution is 7.28. The summed E-state index contributed by atoms with van der Waals surface area (Å²) in [6.45, 7) is 11.2. The number of hydrogen-bond donors (Lipinski definition) is 0. The van der Waals surface area contributed by atoms with Gasteiger partial charge in [0.15, 0.2) is 0 Å². The van der Waals surface area contributed by atoms with Crippen LogP contribution in [-0.2, 0) is 4.74 Å². The number of amides is 1. The molecule has 5 heterocycles. The smallest absolute Gasteiger partial charge is 0.410 e. The van der Waals surface area contributed by atoms with Crippen molar-refractivity contribution >= 4 is 43.8 Å². The van der Waals surface area contributed by atoms with Crippen LogP contribution >= 0.6 is 22.7 Å². The van der Waals surface area contributed by atoms with E-state index in [1.54, 1.807) is 22.7 Å². The van der Waals surface area contributed by atoms with Crippen molar-refractivity contribution in [1.82, 2.24) is 24.5 Å². The van der Waals surface area contributed by atoms with E-state index in [0.29, 0.717) is 5.92 Å². The molecule has 32 heavy (non-hydrogen) atoms. The fourth-order valence-corrected chi connectivity index (χ4v) is 6.48. The van der Waals surface area contributed by atoms with Gasteiger partial charge in [-0.15, -0.1) is 22.7 Å². The van der Waals surface area contributed by atoms with E-state index in [2.05, 4.69) is 17.1 Å². The molecule has 9 heteroatoms. The Hall–Kier alpha value is -2.52. The monoisotopic (exact) mass is 469 g/mol. The molecule has 1 aliphatic rings. The van der Waals surface area contributed by atoms with Crippen LogP contribution in [0.5, 0.6) is 0 Å². The molecular formula is C23H27N5O2S2. The SMILES string of the molecule is Cc1cn2nc(-c3nc4sc(C5CCN(C(=O)OC(C)(C)C)CC5)cc4s3)cc2c(C)n1. The van der Waals surface area contributed by atoms with Crippen molar-refractivity contribution < 1.29 is 9.53 Å². The zero-order valence-corrected chi connectivity index (χ0v) is 20.6. The average Bonchev–Trinajstić information content (AvgIpc) is 3.39. The van der Waals surface area contributed by atoms with Crippen molar-refractivity contribution in [1.29, 1.82) is 0 Å². The highest BCUT2D eigenvalue weighted by Gasteiger charge is 2.28. The summed E-state index contributed by atoms with van der Waals surface area (Å²) >= 11 is 3.46. The van der Waals surface area contributed by atoms with Crippen molar-refractivity contribution in [2.75, 3.05) is 13.1 Å². The number of aryl methyl sites for hydroxylation is 2. The Kier molecular flexibility index (Phi) is 5.21. The predicted octanol–water partition coefficient (Wildman–Crippen LogP) is 5.80. The largest absolute Gasteiger partial charge is 0.444 e. The van der Waals surface area contributed by atoms with Crippen molar-refractivity contribution in [3.05, 3.63) is 34.6 Å². The molecule has 1 aliphatic heterocycles. The molecule has 0 N–H and O–H groups in total. The summed E-state index contributed by atoms with van der Waals surface area (Å²) in [5.74, 6) is 0.468. The number of thiophene rings is 1. The van der Waals surface area contributed by atoms with Gasteiger partial charge >= 0.3 is 6.09 Å². The van der Waals surface area contributed by atoms with Gasteiger partial charge in [0.05, 0.1) is 27.8 Å². The third-order valence-electron chi connectivity index (χ3n) is 5.64. The lowest BCUT2D eigenvalue weighted by molar-refractivity contribution is 0.0205. The first kappa shape index (κ1) is 21.3. The molecule has 4 aromatic rings. The summed E-state index contributed by atoms with van der Waals surface area (Å²) in [7, 11) is 0. The molecule has 0 bridgehead atoms. The van der Waals surface area contributed by atoms with Gasteiger partial charge in [-0.3, -0.25) is 4.98 Å². The standard InChI is InChI=1S/C23H27N5O2S2/c1-13-12-28-17(14(2)24-13)10-16(26-28)20-25-21-19(32-20)11-18(31-21)15-6-8-27(9-7-15)22(29)30-23(3,4)5/h10-12,15H,6-9H2,1-5H3. The third-order valence-corrected chi connectivity index (χ3v) is 7.98. The van der Waals surface area contributed by atoms with Gasteiger partial charge in [-0.05, 0) is 65.5 Å². The second kappa shape index (κ2) is 7.81. The van der Waals surface area contributed by atoms with Crippen LogP contribution in [0.2, 0.25) is 0 Å². The van der Waals surface area contributed by atoms with Gasteiger partial charge in [0.25, 0.3) is 0 Å². The molecule has 0 aromatic carbocycles. The highest BCUT2D eigenvalue weighted by atomic mass is 32.1. The molecule has 0 aliphatic carbocycles. The average molecular weight is 470 g/mol. The molecule has 0 saturated carbocycles.